The Bertz CT molecular complexity index is 611. The second-order valence-electron chi connectivity index (χ2n) is 5.10. The number of nitrogens with zero attached hydrogens (tertiary/aromatic N) is 1. The number of amides is 1. The maximum Gasteiger partial charge on any atom is 0.228 e. The van der Waals surface area contributed by atoms with Crippen molar-refractivity contribution in [3.63, 3.8) is 0 Å². The Hall–Kier alpha value is -1.61. The first-order chi connectivity index (χ1) is 9.74. The fraction of sp³-hybridized carbons (Fsp3) is 0.235. The molecule has 1 atom stereocenters. The summed E-state index contributed by atoms with van der Waals surface area (Å²) in [6, 6.07) is 18.5. The molecule has 1 fully saturated rings. The lowest BCUT2D eigenvalue weighted by Gasteiger charge is -2.20. The predicted octanol–water partition coefficient (Wildman–Crippen LogP) is 3.78. The maximum absolute atomic E-state index is 12.1. The van der Waals surface area contributed by atoms with Gasteiger partial charge in [-0.25, -0.2) is 0 Å². The molecule has 0 saturated carbocycles. The molecule has 1 amide bonds. The highest BCUT2D eigenvalue weighted by Gasteiger charge is 2.29. The summed E-state index contributed by atoms with van der Waals surface area (Å²) in [7, 11) is 0. The number of rotatable bonds is 3. The van der Waals surface area contributed by atoms with E-state index in [-0.39, 0.29) is 10.7 Å². The largest absolute Gasteiger partial charge is 0.311 e. The predicted molar refractivity (Wildman–Crippen MR) is 85.4 cm³/mol. The second-order valence-corrected chi connectivity index (χ2v) is 6.39. The van der Waals surface area contributed by atoms with E-state index in [1.807, 2.05) is 41.3 Å². The number of carbonyl (C=O) groups excluding carboxylic acids is 1. The minimum Gasteiger partial charge on any atom is -0.311 e. The van der Waals surface area contributed by atoms with Crippen LogP contribution in [0.4, 0.5) is 5.69 Å². The number of carbonyl (C=O) groups is 1. The summed E-state index contributed by atoms with van der Waals surface area (Å²) in [6.45, 7) is 0.755. The molecule has 0 radical (unpaired) electrons. The molecule has 3 rings (SSSR count). The van der Waals surface area contributed by atoms with E-state index in [4.69, 9.17) is 0 Å². The lowest BCUT2D eigenvalue weighted by molar-refractivity contribution is -0.117. The summed E-state index contributed by atoms with van der Waals surface area (Å²) in [5, 5.41) is 0. The van der Waals surface area contributed by atoms with Gasteiger partial charge in [-0.05, 0) is 23.6 Å². The smallest absolute Gasteiger partial charge is 0.228 e. The van der Waals surface area contributed by atoms with Crippen LogP contribution in [-0.4, -0.2) is 17.3 Å². The third-order valence-electron chi connectivity index (χ3n) is 3.60. The molecule has 2 nitrogen and oxygen atoms in total. The van der Waals surface area contributed by atoms with E-state index in [1.165, 1.54) is 11.1 Å². The van der Waals surface area contributed by atoms with Crippen molar-refractivity contribution in [2.24, 2.45) is 0 Å². The fourth-order valence-corrected chi connectivity index (χ4v) is 3.20. The molecule has 0 bridgehead atoms. The number of hydrogen-bond acceptors (Lipinski definition) is 1. The zero-order valence-corrected chi connectivity index (χ0v) is 12.7. The molecule has 2 aromatic rings. The third kappa shape index (κ3) is 2.78. The van der Waals surface area contributed by atoms with Crippen LogP contribution in [0.5, 0.6) is 0 Å². The van der Waals surface area contributed by atoms with E-state index in [1.54, 1.807) is 0 Å². The number of alkyl halides is 1. The van der Waals surface area contributed by atoms with E-state index in [0.717, 1.165) is 18.7 Å². The van der Waals surface area contributed by atoms with Crippen LogP contribution in [0.15, 0.2) is 54.6 Å². The third-order valence-corrected chi connectivity index (χ3v) is 4.21. The van der Waals surface area contributed by atoms with Gasteiger partial charge in [0.05, 0.1) is 0 Å². The Morgan fingerprint density at radius 2 is 1.75 bits per heavy atom. The Labute approximate surface area is 127 Å². The van der Waals surface area contributed by atoms with Gasteiger partial charge in [-0.3, -0.25) is 4.79 Å². The first kappa shape index (κ1) is 13.4. The first-order valence-corrected chi connectivity index (χ1v) is 7.72. The van der Waals surface area contributed by atoms with Crippen molar-refractivity contribution in [1.29, 1.82) is 0 Å². The molecule has 20 heavy (non-hydrogen) atoms. The Balaban J connectivity index is 1.91. The Morgan fingerprint density at radius 1 is 1.05 bits per heavy atom. The summed E-state index contributed by atoms with van der Waals surface area (Å²) in [6.07, 6.45) is 1.44. The minimum absolute atomic E-state index is 0.201. The molecule has 1 aliphatic heterocycles. The highest BCUT2D eigenvalue weighted by Crippen LogP contribution is 2.29. The summed E-state index contributed by atoms with van der Waals surface area (Å²) in [5.74, 6) is 0.201. The van der Waals surface area contributed by atoms with Gasteiger partial charge in [-0.2, -0.15) is 0 Å². The molecule has 0 spiro atoms. The zero-order valence-electron chi connectivity index (χ0n) is 11.1. The molecule has 2 aromatic carbocycles. The molecule has 0 aliphatic carbocycles. The molecular weight excluding hydrogens is 314 g/mol. The monoisotopic (exact) mass is 329 g/mol. The summed E-state index contributed by atoms with van der Waals surface area (Å²) in [4.78, 5) is 14.2. The van der Waals surface area contributed by atoms with Gasteiger partial charge >= 0.3 is 0 Å². The summed E-state index contributed by atoms with van der Waals surface area (Å²) in [5.41, 5.74) is 3.51. The fourth-order valence-electron chi connectivity index (χ4n) is 2.64. The van der Waals surface area contributed by atoms with Gasteiger partial charge in [-0.15, -0.1) is 0 Å². The average Bonchev–Trinajstić information content (AvgIpc) is 2.79. The van der Waals surface area contributed by atoms with Crippen molar-refractivity contribution >= 4 is 27.5 Å². The van der Waals surface area contributed by atoms with Crippen LogP contribution in [0.1, 0.15) is 17.5 Å². The van der Waals surface area contributed by atoms with Crippen LogP contribution in [-0.2, 0) is 11.2 Å². The van der Waals surface area contributed by atoms with Crippen molar-refractivity contribution in [3.8, 4) is 0 Å². The van der Waals surface area contributed by atoms with Gasteiger partial charge in [-0.1, -0.05) is 64.5 Å². The zero-order chi connectivity index (χ0) is 13.9. The lowest BCUT2D eigenvalue weighted by atomic mass is 10.0. The molecule has 0 N–H and O–H groups in total. The Morgan fingerprint density at radius 3 is 2.45 bits per heavy atom. The van der Waals surface area contributed by atoms with Crippen molar-refractivity contribution < 1.29 is 4.79 Å². The highest BCUT2D eigenvalue weighted by molar-refractivity contribution is 9.09. The van der Waals surface area contributed by atoms with Gasteiger partial charge in [0.25, 0.3) is 0 Å². The number of anilines is 1. The Kier molecular flexibility index (Phi) is 3.88. The van der Waals surface area contributed by atoms with E-state index in [9.17, 15) is 4.79 Å². The highest BCUT2D eigenvalue weighted by atomic mass is 79.9. The van der Waals surface area contributed by atoms with E-state index in [2.05, 4.69) is 34.1 Å². The maximum atomic E-state index is 12.1. The number of para-hydroxylation sites is 1. The second kappa shape index (κ2) is 5.80. The van der Waals surface area contributed by atoms with Gasteiger partial charge in [0, 0.05) is 23.5 Å². The summed E-state index contributed by atoms with van der Waals surface area (Å²) < 4.78 is 0. The topological polar surface area (TPSA) is 20.3 Å². The molecule has 1 heterocycles. The molecule has 3 heteroatoms. The normalized spacial score (nSPS) is 18.6. The molecule has 102 valence electrons. The lowest BCUT2D eigenvalue weighted by Crippen LogP contribution is -2.25. The standard InChI is InChI=1S/C17H16BrNO/c18-15-11-17(20)19(12-15)16-9-5-4-8-14(16)10-13-6-2-1-3-7-13/h1-9,15H,10-12H2. The molecule has 1 unspecified atom stereocenters. The van der Waals surface area contributed by atoms with Crippen LogP contribution in [0.25, 0.3) is 0 Å². The number of benzene rings is 2. The average molecular weight is 330 g/mol. The van der Waals surface area contributed by atoms with E-state index >= 15 is 0 Å². The molecule has 1 saturated heterocycles. The van der Waals surface area contributed by atoms with Gasteiger partial charge in [0.15, 0.2) is 0 Å². The van der Waals surface area contributed by atoms with Crippen LogP contribution in [0.3, 0.4) is 0 Å². The first-order valence-electron chi connectivity index (χ1n) is 6.80. The number of halogens is 1. The number of hydrogen-bond donors (Lipinski definition) is 0. The van der Waals surface area contributed by atoms with Crippen LogP contribution < -0.4 is 4.90 Å². The quantitative estimate of drug-likeness (QED) is 0.785. The van der Waals surface area contributed by atoms with Crippen molar-refractivity contribution in [1.82, 2.24) is 0 Å². The summed E-state index contributed by atoms with van der Waals surface area (Å²) >= 11 is 3.55. The van der Waals surface area contributed by atoms with Crippen LogP contribution in [0, 0.1) is 0 Å². The van der Waals surface area contributed by atoms with Crippen molar-refractivity contribution in [2.45, 2.75) is 17.7 Å². The van der Waals surface area contributed by atoms with E-state index < -0.39 is 0 Å². The van der Waals surface area contributed by atoms with Crippen LogP contribution in [0.2, 0.25) is 0 Å². The van der Waals surface area contributed by atoms with E-state index in [0.29, 0.717) is 6.42 Å². The minimum atomic E-state index is 0.201. The van der Waals surface area contributed by atoms with Gasteiger partial charge < -0.3 is 4.90 Å². The van der Waals surface area contributed by atoms with Gasteiger partial charge in [0.2, 0.25) is 5.91 Å². The molecule has 1 aliphatic rings. The SMILES string of the molecule is O=C1CC(Br)CN1c1ccccc1Cc1ccccc1. The molecule has 0 aromatic heterocycles. The molecular formula is C17H16BrNO. The van der Waals surface area contributed by atoms with Crippen LogP contribution >= 0.6 is 15.9 Å². The van der Waals surface area contributed by atoms with Gasteiger partial charge in [0.1, 0.15) is 0 Å². The van der Waals surface area contributed by atoms with Crippen molar-refractivity contribution in [3.05, 3.63) is 65.7 Å². The van der Waals surface area contributed by atoms with Crippen molar-refractivity contribution in [2.75, 3.05) is 11.4 Å².